The van der Waals surface area contributed by atoms with Gasteiger partial charge in [-0.25, -0.2) is 12.8 Å². The van der Waals surface area contributed by atoms with Gasteiger partial charge >= 0.3 is 0 Å². The third kappa shape index (κ3) is 4.93. The normalized spacial score (nSPS) is 32.9. The van der Waals surface area contributed by atoms with E-state index in [0.717, 1.165) is 12.8 Å². The molecule has 0 bridgehead atoms. The molecular weight excluding hydrogens is 217 g/mol. The second-order valence-corrected chi connectivity index (χ2v) is 6.98. The van der Waals surface area contributed by atoms with Crippen LogP contribution in [0.2, 0.25) is 0 Å². The number of nitrogens with two attached hydrogens (primary N) is 1. The van der Waals surface area contributed by atoms with Gasteiger partial charge in [-0.1, -0.05) is 0 Å². The molecule has 0 radical (unpaired) electrons. The average Bonchev–Trinajstić information content (AvgIpc) is 2.09. The highest BCUT2D eigenvalue weighted by atomic mass is 32.2. The van der Waals surface area contributed by atoms with Gasteiger partial charge in [0.2, 0.25) is 0 Å². The van der Waals surface area contributed by atoms with Crippen molar-refractivity contribution in [1.82, 2.24) is 0 Å². The first-order chi connectivity index (χ1) is 6.81. The zero-order valence-corrected chi connectivity index (χ0v) is 10.0. The Kier molecular flexibility index (Phi) is 4.12. The van der Waals surface area contributed by atoms with E-state index in [9.17, 15) is 12.8 Å². The van der Waals surface area contributed by atoms with E-state index in [4.69, 9.17) is 5.73 Å². The average molecular weight is 237 g/mol. The summed E-state index contributed by atoms with van der Waals surface area (Å²) in [6.45, 7) is 0. The molecule has 1 aliphatic carbocycles. The fourth-order valence-corrected chi connectivity index (χ4v) is 2.73. The first-order valence-corrected chi connectivity index (χ1v) is 7.49. The molecule has 0 unspecified atom stereocenters. The Bertz CT molecular complexity index is 295. The van der Waals surface area contributed by atoms with Gasteiger partial charge in [0.25, 0.3) is 0 Å². The fraction of sp³-hybridized carbons (Fsp3) is 1.00. The zero-order chi connectivity index (χ0) is 11.5. The lowest BCUT2D eigenvalue weighted by atomic mass is 9.81. The molecule has 15 heavy (non-hydrogen) atoms. The van der Waals surface area contributed by atoms with Crippen molar-refractivity contribution in [3.8, 4) is 0 Å². The Balaban J connectivity index is 2.31. The summed E-state index contributed by atoms with van der Waals surface area (Å²) in [5.74, 6) is 0.0880. The summed E-state index contributed by atoms with van der Waals surface area (Å²) in [7, 11) is -2.95. The quantitative estimate of drug-likeness (QED) is 0.804. The van der Waals surface area contributed by atoms with Gasteiger partial charge in [-0.15, -0.1) is 0 Å². The van der Waals surface area contributed by atoms with Crippen LogP contribution < -0.4 is 5.73 Å². The third-order valence-electron chi connectivity index (χ3n) is 3.07. The number of hydrogen-bond acceptors (Lipinski definition) is 3. The highest BCUT2D eigenvalue weighted by Crippen LogP contribution is 2.35. The molecule has 0 aromatic carbocycles. The van der Waals surface area contributed by atoms with Crippen molar-refractivity contribution >= 4 is 9.84 Å². The maximum absolute atomic E-state index is 14.1. The molecule has 0 aromatic heterocycles. The minimum absolute atomic E-state index is 0.0880. The Morgan fingerprint density at radius 1 is 1.40 bits per heavy atom. The molecule has 1 fully saturated rings. The van der Waals surface area contributed by atoms with Gasteiger partial charge in [0, 0.05) is 18.1 Å². The first-order valence-electron chi connectivity index (χ1n) is 5.43. The van der Waals surface area contributed by atoms with Crippen molar-refractivity contribution in [2.45, 2.75) is 50.2 Å². The number of rotatable bonds is 4. The predicted molar refractivity (Wildman–Crippen MR) is 59.2 cm³/mol. The maximum Gasteiger partial charge on any atom is 0.147 e. The number of sulfone groups is 1. The maximum atomic E-state index is 14.1. The smallest absolute Gasteiger partial charge is 0.147 e. The lowest BCUT2D eigenvalue weighted by molar-refractivity contribution is 0.0885. The zero-order valence-electron chi connectivity index (χ0n) is 9.21. The lowest BCUT2D eigenvalue weighted by Crippen LogP contribution is -2.35. The lowest BCUT2D eigenvalue weighted by Gasteiger charge is -2.32. The van der Waals surface area contributed by atoms with Gasteiger partial charge < -0.3 is 5.73 Å². The molecule has 1 aliphatic rings. The van der Waals surface area contributed by atoms with Gasteiger partial charge in [0.05, 0.1) is 0 Å². The van der Waals surface area contributed by atoms with Crippen LogP contribution in [-0.4, -0.2) is 32.1 Å². The van der Waals surface area contributed by atoms with E-state index in [1.807, 2.05) is 0 Å². The molecule has 90 valence electrons. The highest BCUT2D eigenvalue weighted by Gasteiger charge is 2.33. The topological polar surface area (TPSA) is 60.2 Å². The first kappa shape index (κ1) is 12.9. The third-order valence-corrected chi connectivity index (χ3v) is 4.10. The van der Waals surface area contributed by atoms with Crippen molar-refractivity contribution in [3.05, 3.63) is 0 Å². The van der Waals surface area contributed by atoms with E-state index in [1.54, 1.807) is 0 Å². The van der Waals surface area contributed by atoms with E-state index >= 15 is 0 Å². The van der Waals surface area contributed by atoms with E-state index in [1.165, 1.54) is 6.26 Å². The standard InChI is InChI=1S/C10H20FNO2S/c1-15(13,14)8-2-5-10(11)6-3-9(12)4-7-10/h9H,2-8,12H2,1H3. The van der Waals surface area contributed by atoms with Crippen LogP contribution in [0.4, 0.5) is 4.39 Å². The van der Waals surface area contributed by atoms with Crippen LogP contribution in [0.3, 0.4) is 0 Å². The van der Waals surface area contributed by atoms with E-state index in [2.05, 4.69) is 0 Å². The minimum atomic E-state index is -2.95. The Hall–Kier alpha value is -0.160. The molecule has 0 aliphatic heterocycles. The van der Waals surface area contributed by atoms with E-state index in [0.29, 0.717) is 25.7 Å². The molecule has 0 spiro atoms. The minimum Gasteiger partial charge on any atom is -0.328 e. The second-order valence-electron chi connectivity index (χ2n) is 4.72. The molecule has 1 rings (SSSR count). The van der Waals surface area contributed by atoms with Gasteiger partial charge in [0.15, 0.2) is 0 Å². The second kappa shape index (κ2) is 4.78. The molecule has 0 amide bonds. The molecular formula is C10H20FNO2S. The van der Waals surface area contributed by atoms with Crippen molar-refractivity contribution < 1.29 is 12.8 Å². The number of halogens is 1. The van der Waals surface area contributed by atoms with Crippen LogP contribution >= 0.6 is 0 Å². The van der Waals surface area contributed by atoms with Crippen molar-refractivity contribution in [3.63, 3.8) is 0 Å². The Labute approximate surface area is 91.1 Å². The van der Waals surface area contributed by atoms with Crippen LogP contribution in [0, 0.1) is 0 Å². The molecule has 2 N–H and O–H groups in total. The van der Waals surface area contributed by atoms with Crippen LogP contribution in [0.1, 0.15) is 38.5 Å². The van der Waals surface area contributed by atoms with Crippen LogP contribution in [0.15, 0.2) is 0 Å². The van der Waals surface area contributed by atoms with Gasteiger partial charge in [-0.3, -0.25) is 0 Å². The van der Waals surface area contributed by atoms with Gasteiger partial charge in [0.1, 0.15) is 15.5 Å². The summed E-state index contributed by atoms with van der Waals surface area (Å²) in [6.07, 6.45) is 4.37. The van der Waals surface area contributed by atoms with Gasteiger partial charge in [-0.05, 0) is 38.5 Å². The summed E-state index contributed by atoms with van der Waals surface area (Å²) in [6, 6.07) is 0.129. The summed E-state index contributed by atoms with van der Waals surface area (Å²) in [5, 5.41) is 0. The van der Waals surface area contributed by atoms with Crippen LogP contribution in [0.5, 0.6) is 0 Å². The summed E-state index contributed by atoms with van der Waals surface area (Å²) >= 11 is 0. The fourth-order valence-electron chi connectivity index (χ4n) is 2.06. The summed E-state index contributed by atoms with van der Waals surface area (Å²) < 4.78 is 35.8. The molecule has 0 atom stereocenters. The molecule has 0 heterocycles. The van der Waals surface area contributed by atoms with Crippen LogP contribution in [-0.2, 0) is 9.84 Å². The highest BCUT2D eigenvalue weighted by molar-refractivity contribution is 7.90. The van der Waals surface area contributed by atoms with E-state index < -0.39 is 15.5 Å². The van der Waals surface area contributed by atoms with Crippen molar-refractivity contribution in [2.75, 3.05) is 12.0 Å². The van der Waals surface area contributed by atoms with Gasteiger partial charge in [-0.2, -0.15) is 0 Å². The molecule has 0 aromatic rings. The SMILES string of the molecule is CS(=O)(=O)CCCC1(F)CCC(N)CC1. The van der Waals surface area contributed by atoms with E-state index in [-0.39, 0.29) is 11.8 Å². The molecule has 3 nitrogen and oxygen atoms in total. The summed E-state index contributed by atoms with van der Waals surface area (Å²) in [5.41, 5.74) is 4.53. The Morgan fingerprint density at radius 3 is 2.40 bits per heavy atom. The Morgan fingerprint density at radius 2 is 1.93 bits per heavy atom. The molecule has 1 saturated carbocycles. The predicted octanol–water partition coefficient (Wildman–Crippen LogP) is 1.42. The number of alkyl halides is 1. The molecule has 0 saturated heterocycles. The van der Waals surface area contributed by atoms with Crippen molar-refractivity contribution in [2.24, 2.45) is 5.73 Å². The monoisotopic (exact) mass is 237 g/mol. The summed E-state index contributed by atoms with van der Waals surface area (Å²) in [4.78, 5) is 0. The van der Waals surface area contributed by atoms with Crippen LogP contribution in [0.25, 0.3) is 0 Å². The van der Waals surface area contributed by atoms with Crippen molar-refractivity contribution in [1.29, 1.82) is 0 Å². The number of hydrogen-bond donors (Lipinski definition) is 1. The molecule has 5 heteroatoms. The largest absolute Gasteiger partial charge is 0.328 e.